The standard InChI is InChI=1S/C17H16O6/c1-8-5-9-10(7-23-8)17(22-4)13-12(20-2)6-11(18)15(19)14(13)16(9)21-3/h5-6H,7H2,1-4H3. The molecule has 0 radical (unpaired) electrons. The van der Waals surface area contributed by atoms with Crippen molar-refractivity contribution in [1.29, 1.82) is 0 Å². The summed E-state index contributed by atoms with van der Waals surface area (Å²) in [6.07, 6.45) is 2.94. The smallest absolute Gasteiger partial charge is 0.237 e. The van der Waals surface area contributed by atoms with Crippen molar-refractivity contribution in [2.45, 2.75) is 13.5 Å². The first kappa shape index (κ1) is 15.1. The van der Waals surface area contributed by atoms with E-state index in [-0.39, 0.29) is 17.9 Å². The lowest BCUT2D eigenvalue weighted by atomic mass is 9.86. The first-order chi connectivity index (χ1) is 11.0. The van der Waals surface area contributed by atoms with Gasteiger partial charge in [-0.1, -0.05) is 0 Å². The van der Waals surface area contributed by atoms with Gasteiger partial charge in [0, 0.05) is 17.2 Å². The van der Waals surface area contributed by atoms with E-state index in [9.17, 15) is 9.59 Å². The van der Waals surface area contributed by atoms with E-state index >= 15 is 0 Å². The normalized spacial score (nSPS) is 15.8. The van der Waals surface area contributed by atoms with Crippen molar-refractivity contribution in [3.8, 4) is 11.5 Å². The largest absolute Gasteiger partial charge is 0.496 e. The molecular weight excluding hydrogens is 300 g/mol. The van der Waals surface area contributed by atoms with Gasteiger partial charge in [-0.15, -0.1) is 0 Å². The fourth-order valence-corrected chi connectivity index (χ4v) is 2.93. The Hall–Kier alpha value is -2.76. The number of ether oxygens (including phenoxy) is 4. The van der Waals surface area contributed by atoms with E-state index in [2.05, 4.69) is 0 Å². The number of benzene rings is 1. The van der Waals surface area contributed by atoms with Crippen molar-refractivity contribution >= 4 is 23.4 Å². The average molecular weight is 316 g/mol. The van der Waals surface area contributed by atoms with Crippen LogP contribution in [0.4, 0.5) is 0 Å². The van der Waals surface area contributed by atoms with Crippen molar-refractivity contribution < 1.29 is 28.5 Å². The van der Waals surface area contributed by atoms with Crippen molar-refractivity contribution in [3.63, 3.8) is 0 Å². The van der Waals surface area contributed by atoms with Gasteiger partial charge in [0.05, 0.1) is 38.2 Å². The van der Waals surface area contributed by atoms with Crippen LogP contribution in [0.5, 0.6) is 11.5 Å². The van der Waals surface area contributed by atoms with Crippen LogP contribution in [0.15, 0.2) is 11.8 Å². The molecule has 0 aromatic heterocycles. The molecular formula is C17H16O6. The second-order valence-corrected chi connectivity index (χ2v) is 5.16. The van der Waals surface area contributed by atoms with E-state index in [0.29, 0.717) is 28.4 Å². The Labute approximate surface area is 133 Å². The van der Waals surface area contributed by atoms with Crippen molar-refractivity contribution in [1.82, 2.24) is 0 Å². The number of carbonyl (C=O) groups is 2. The summed E-state index contributed by atoms with van der Waals surface area (Å²) in [6, 6.07) is 0. The quantitative estimate of drug-likeness (QED) is 0.797. The van der Waals surface area contributed by atoms with E-state index in [1.54, 1.807) is 6.08 Å². The first-order valence-corrected chi connectivity index (χ1v) is 7.00. The molecule has 1 aliphatic heterocycles. The van der Waals surface area contributed by atoms with Gasteiger partial charge in [0.2, 0.25) is 11.6 Å². The van der Waals surface area contributed by atoms with Gasteiger partial charge in [0.1, 0.15) is 23.9 Å². The Morgan fingerprint density at radius 1 is 0.957 bits per heavy atom. The minimum atomic E-state index is -0.651. The minimum absolute atomic E-state index is 0.165. The van der Waals surface area contributed by atoms with Gasteiger partial charge in [-0.3, -0.25) is 9.59 Å². The zero-order chi connectivity index (χ0) is 16.7. The van der Waals surface area contributed by atoms with E-state index < -0.39 is 11.6 Å². The van der Waals surface area contributed by atoms with Gasteiger partial charge in [0.25, 0.3) is 0 Å². The summed E-state index contributed by atoms with van der Waals surface area (Å²) >= 11 is 0. The second-order valence-electron chi connectivity index (χ2n) is 5.16. The summed E-state index contributed by atoms with van der Waals surface area (Å²) in [6.45, 7) is 2.09. The maximum atomic E-state index is 12.5. The van der Waals surface area contributed by atoms with Crippen LogP contribution in [0, 0.1) is 0 Å². The van der Waals surface area contributed by atoms with Crippen LogP contribution in [0.1, 0.15) is 34.0 Å². The molecule has 3 rings (SSSR count). The van der Waals surface area contributed by atoms with E-state index in [1.165, 1.54) is 27.4 Å². The monoisotopic (exact) mass is 316 g/mol. The summed E-state index contributed by atoms with van der Waals surface area (Å²) in [5.41, 5.74) is 2.02. The number of allylic oxidation sites excluding steroid dienone is 2. The fraction of sp³-hybridized carbons (Fsp3) is 0.294. The topological polar surface area (TPSA) is 71.1 Å². The molecule has 2 aliphatic rings. The van der Waals surface area contributed by atoms with Gasteiger partial charge in [-0.2, -0.15) is 0 Å². The summed E-state index contributed by atoms with van der Waals surface area (Å²) in [4.78, 5) is 24.4. The first-order valence-electron chi connectivity index (χ1n) is 7.00. The summed E-state index contributed by atoms with van der Waals surface area (Å²) in [5.74, 6) is 0.454. The molecule has 6 nitrogen and oxygen atoms in total. The maximum absolute atomic E-state index is 12.5. The van der Waals surface area contributed by atoms with Crippen LogP contribution in [0.3, 0.4) is 0 Å². The molecule has 0 fully saturated rings. The molecule has 0 bridgehead atoms. The van der Waals surface area contributed by atoms with E-state index in [4.69, 9.17) is 18.9 Å². The highest BCUT2D eigenvalue weighted by Gasteiger charge is 2.37. The molecule has 0 spiro atoms. The Balaban J connectivity index is 2.47. The zero-order valence-electron chi connectivity index (χ0n) is 13.3. The van der Waals surface area contributed by atoms with Crippen LogP contribution in [-0.2, 0) is 20.9 Å². The lowest BCUT2D eigenvalue weighted by Crippen LogP contribution is -2.23. The third kappa shape index (κ3) is 2.10. The Bertz CT molecular complexity index is 785. The molecule has 0 N–H and O–H groups in total. The molecule has 1 aromatic rings. The molecule has 0 atom stereocenters. The lowest BCUT2D eigenvalue weighted by Gasteiger charge is -2.27. The number of hydrogen-bond acceptors (Lipinski definition) is 6. The summed E-state index contributed by atoms with van der Waals surface area (Å²) in [5, 5.41) is 0. The zero-order valence-corrected chi connectivity index (χ0v) is 13.3. The predicted molar refractivity (Wildman–Crippen MR) is 82.3 cm³/mol. The third-order valence-corrected chi connectivity index (χ3v) is 3.93. The number of fused-ring (bicyclic) bond motifs is 2. The minimum Gasteiger partial charge on any atom is -0.496 e. The average Bonchev–Trinajstić information content (AvgIpc) is 2.55. The number of rotatable bonds is 3. The molecule has 0 saturated carbocycles. The summed E-state index contributed by atoms with van der Waals surface area (Å²) in [7, 11) is 4.40. The Morgan fingerprint density at radius 3 is 2.26 bits per heavy atom. The molecule has 1 aliphatic carbocycles. The van der Waals surface area contributed by atoms with Crippen LogP contribution < -0.4 is 9.47 Å². The van der Waals surface area contributed by atoms with Gasteiger partial charge >= 0.3 is 0 Å². The SMILES string of the molecule is COC1=CC(=O)C(=O)c2c(OC)c3c(c(OC)c21)COC(C)=C3. The number of hydrogen-bond donors (Lipinski definition) is 0. The van der Waals surface area contributed by atoms with Crippen LogP contribution in [-0.4, -0.2) is 32.9 Å². The number of ketones is 2. The Morgan fingerprint density at radius 2 is 1.65 bits per heavy atom. The molecule has 1 heterocycles. The van der Waals surface area contributed by atoms with Gasteiger partial charge in [0.15, 0.2) is 0 Å². The highest BCUT2D eigenvalue weighted by molar-refractivity contribution is 6.51. The number of carbonyl (C=O) groups excluding carboxylic acids is 2. The van der Waals surface area contributed by atoms with Gasteiger partial charge in [-0.05, 0) is 13.0 Å². The molecule has 1 aromatic carbocycles. The number of methoxy groups -OCH3 is 3. The highest BCUT2D eigenvalue weighted by atomic mass is 16.5. The van der Waals surface area contributed by atoms with Crippen LogP contribution >= 0.6 is 0 Å². The predicted octanol–water partition coefficient (Wildman–Crippen LogP) is 2.35. The van der Waals surface area contributed by atoms with Crippen molar-refractivity contribution in [2.24, 2.45) is 0 Å². The molecule has 6 heteroatoms. The molecule has 120 valence electrons. The number of Topliss-reactive ketones (excluding diaryl/α,β-unsaturated/α-hetero) is 1. The van der Waals surface area contributed by atoms with Gasteiger partial charge in [-0.25, -0.2) is 0 Å². The Kier molecular flexibility index (Phi) is 3.60. The molecule has 0 amide bonds. The second kappa shape index (κ2) is 5.46. The highest BCUT2D eigenvalue weighted by Crippen LogP contribution is 2.46. The van der Waals surface area contributed by atoms with Crippen LogP contribution in [0.2, 0.25) is 0 Å². The lowest BCUT2D eigenvalue weighted by molar-refractivity contribution is -0.111. The van der Waals surface area contributed by atoms with E-state index in [0.717, 1.165) is 5.56 Å². The van der Waals surface area contributed by atoms with Crippen molar-refractivity contribution in [3.05, 3.63) is 34.1 Å². The maximum Gasteiger partial charge on any atom is 0.237 e. The summed E-state index contributed by atoms with van der Waals surface area (Å²) < 4.78 is 21.8. The third-order valence-electron chi connectivity index (χ3n) is 3.93. The molecule has 23 heavy (non-hydrogen) atoms. The van der Waals surface area contributed by atoms with Crippen molar-refractivity contribution in [2.75, 3.05) is 21.3 Å². The van der Waals surface area contributed by atoms with Crippen LogP contribution in [0.25, 0.3) is 11.8 Å². The van der Waals surface area contributed by atoms with E-state index in [1.807, 2.05) is 6.92 Å². The molecule has 0 unspecified atom stereocenters. The van der Waals surface area contributed by atoms with Gasteiger partial charge < -0.3 is 18.9 Å². The fourth-order valence-electron chi connectivity index (χ4n) is 2.93. The molecule has 0 saturated heterocycles.